The molecule has 0 radical (unpaired) electrons. The Morgan fingerprint density at radius 1 is 0.595 bits per heavy atom. The SMILES string of the molecule is CN[C@@H](C)C(=O)NC1CCS[C@H]2CC(C)(C)[C@@H](C(=O)N[C@H]3c4ccccc4C[C@H]3OCCCCCCCCO[C@@H]3Cc4ccccc4[C@@H]3NC(=O)[C@H]3N4C(=O)[C@@H](NC(=O)[C@H](C)NC)CCS[C@H]4CC3(C)C)N2C1=O. The molecule has 2 aromatic carbocycles. The van der Waals surface area contributed by atoms with Crippen LogP contribution in [0, 0.1) is 10.8 Å². The lowest BCUT2D eigenvalue weighted by Crippen LogP contribution is -2.58. The minimum Gasteiger partial charge on any atom is -0.375 e. The summed E-state index contributed by atoms with van der Waals surface area (Å²) in [6.07, 6.45) is 9.26. The molecule has 4 heterocycles. The molecule has 6 aliphatic rings. The Morgan fingerprint density at radius 2 is 0.973 bits per heavy atom. The quantitative estimate of drug-likeness (QED) is 0.0886. The van der Waals surface area contributed by atoms with Gasteiger partial charge in [0.05, 0.1) is 47.1 Å². The first kappa shape index (κ1) is 56.0. The third-order valence-corrected chi connectivity index (χ3v) is 19.0. The molecule has 2 aromatic rings. The summed E-state index contributed by atoms with van der Waals surface area (Å²) in [4.78, 5) is 86.7. The van der Waals surface area contributed by atoms with Crippen molar-refractivity contribution in [1.82, 2.24) is 41.7 Å². The Balaban J connectivity index is 0.796. The molecule has 4 fully saturated rings. The van der Waals surface area contributed by atoms with Crippen molar-refractivity contribution < 1.29 is 38.2 Å². The van der Waals surface area contributed by atoms with Crippen LogP contribution in [0.15, 0.2) is 48.5 Å². The van der Waals surface area contributed by atoms with E-state index in [1.165, 1.54) is 0 Å². The van der Waals surface area contributed by atoms with Crippen LogP contribution >= 0.6 is 23.5 Å². The van der Waals surface area contributed by atoms with Crippen LogP contribution in [-0.2, 0) is 51.1 Å². The molecular weight excluding hydrogens is 977 g/mol. The molecular formula is C56H82N8O8S2. The molecule has 0 spiro atoms. The highest BCUT2D eigenvalue weighted by Crippen LogP contribution is 2.48. The lowest BCUT2D eigenvalue weighted by Gasteiger charge is -2.35. The molecule has 0 saturated carbocycles. The molecule has 8 rings (SSSR count). The molecule has 16 nitrogen and oxygen atoms in total. The largest absolute Gasteiger partial charge is 0.375 e. The van der Waals surface area contributed by atoms with Gasteiger partial charge in [-0.05, 0) is 111 Å². The predicted molar refractivity (Wildman–Crippen MR) is 290 cm³/mol. The number of rotatable bonds is 21. The molecule has 6 amide bonds. The third-order valence-electron chi connectivity index (χ3n) is 16.5. The number of carbonyl (C=O) groups is 6. The number of nitrogens with one attached hydrogen (secondary N) is 6. The van der Waals surface area contributed by atoms with Gasteiger partial charge in [0.1, 0.15) is 24.2 Å². The van der Waals surface area contributed by atoms with E-state index in [9.17, 15) is 28.8 Å². The molecule has 0 bridgehead atoms. The van der Waals surface area contributed by atoms with E-state index in [0.717, 1.165) is 60.8 Å². The predicted octanol–water partition coefficient (Wildman–Crippen LogP) is 5.29. The van der Waals surface area contributed by atoms with Crippen LogP contribution in [0.25, 0.3) is 0 Å². The third kappa shape index (κ3) is 12.3. The molecule has 4 saturated heterocycles. The number of fused-ring (bicyclic) bond motifs is 4. The van der Waals surface area contributed by atoms with Crippen LogP contribution in [0.2, 0.25) is 0 Å². The highest BCUT2D eigenvalue weighted by molar-refractivity contribution is 8.00. The molecule has 12 atom stereocenters. The first-order chi connectivity index (χ1) is 35.4. The average molecular weight is 1060 g/mol. The number of ether oxygens (including phenoxy) is 2. The highest BCUT2D eigenvalue weighted by Gasteiger charge is 2.57. The number of hydrogen-bond acceptors (Lipinski definition) is 12. The zero-order valence-electron chi connectivity index (χ0n) is 44.8. The summed E-state index contributed by atoms with van der Waals surface area (Å²) in [6, 6.07) is 12.0. The molecule has 1 unspecified atom stereocenters. The first-order valence-electron chi connectivity index (χ1n) is 27.3. The highest BCUT2D eigenvalue weighted by atomic mass is 32.2. The van der Waals surface area contributed by atoms with E-state index in [1.54, 1.807) is 61.3 Å². The van der Waals surface area contributed by atoms with Gasteiger partial charge in [-0.2, -0.15) is 0 Å². The van der Waals surface area contributed by atoms with Gasteiger partial charge in [-0.25, -0.2) is 0 Å². The zero-order chi connectivity index (χ0) is 52.9. The van der Waals surface area contributed by atoms with Crippen LogP contribution in [0.5, 0.6) is 0 Å². The van der Waals surface area contributed by atoms with Crippen LogP contribution in [0.3, 0.4) is 0 Å². The van der Waals surface area contributed by atoms with Gasteiger partial charge in [-0.3, -0.25) is 28.8 Å². The lowest BCUT2D eigenvalue weighted by molar-refractivity contribution is -0.144. The minimum atomic E-state index is -0.693. The van der Waals surface area contributed by atoms with Gasteiger partial charge in [-0.1, -0.05) is 102 Å². The number of carbonyl (C=O) groups excluding carboxylic acids is 6. The van der Waals surface area contributed by atoms with E-state index in [4.69, 9.17) is 9.47 Å². The lowest BCUT2D eigenvalue weighted by atomic mass is 9.83. The summed E-state index contributed by atoms with van der Waals surface area (Å²) in [7, 11) is 3.43. The summed E-state index contributed by atoms with van der Waals surface area (Å²) in [5.74, 6) is 0.189. The summed E-state index contributed by atoms with van der Waals surface area (Å²) < 4.78 is 13.2. The normalized spacial score (nSPS) is 29.5. The van der Waals surface area contributed by atoms with Gasteiger partial charge in [0.15, 0.2) is 0 Å². The van der Waals surface area contributed by atoms with Crippen molar-refractivity contribution in [3.8, 4) is 0 Å². The average Bonchev–Trinajstić information content (AvgIpc) is 4.02. The van der Waals surface area contributed by atoms with Crippen LogP contribution in [0.1, 0.15) is 140 Å². The summed E-state index contributed by atoms with van der Waals surface area (Å²) in [6.45, 7) is 12.9. The number of hydrogen-bond donors (Lipinski definition) is 6. The topological polar surface area (TPSA) is 200 Å². The second-order valence-electron chi connectivity index (χ2n) is 22.8. The van der Waals surface area contributed by atoms with E-state index in [1.807, 2.05) is 24.3 Å². The van der Waals surface area contributed by atoms with Crippen molar-refractivity contribution in [2.75, 3.05) is 38.8 Å². The number of unbranched alkanes of at least 4 members (excludes halogenated alkanes) is 5. The molecule has 4 aliphatic heterocycles. The zero-order valence-corrected chi connectivity index (χ0v) is 46.5. The van der Waals surface area contributed by atoms with Crippen LogP contribution in [0.4, 0.5) is 0 Å². The van der Waals surface area contributed by atoms with E-state index in [2.05, 4.69) is 83.9 Å². The minimum absolute atomic E-state index is 0.146. The fourth-order valence-corrected chi connectivity index (χ4v) is 15.3. The van der Waals surface area contributed by atoms with E-state index < -0.39 is 47.1 Å². The van der Waals surface area contributed by atoms with Crippen molar-refractivity contribution in [3.63, 3.8) is 0 Å². The number of likely N-dealkylation sites (N-methyl/N-ethyl adjacent to an activating group) is 2. The Morgan fingerprint density at radius 3 is 1.36 bits per heavy atom. The fourth-order valence-electron chi connectivity index (χ4n) is 12.2. The Kier molecular flexibility index (Phi) is 18.5. The second-order valence-corrected chi connectivity index (χ2v) is 25.3. The van der Waals surface area contributed by atoms with Crippen molar-refractivity contribution in [1.29, 1.82) is 0 Å². The molecule has 18 heteroatoms. The summed E-state index contributed by atoms with van der Waals surface area (Å²) in [5.41, 5.74) is 3.46. The van der Waals surface area contributed by atoms with Crippen molar-refractivity contribution >= 4 is 59.0 Å². The van der Waals surface area contributed by atoms with Crippen molar-refractivity contribution in [3.05, 3.63) is 70.8 Å². The monoisotopic (exact) mass is 1060 g/mol. The van der Waals surface area contributed by atoms with Gasteiger partial charge in [-0.15, -0.1) is 23.5 Å². The fraction of sp³-hybridized carbons (Fsp3) is 0.679. The summed E-state index contributed by atoms with van der Waals surface area (Å²) in [5, 5.41) is 18.3. The molecule has 74 heavy (non-hydrogen) atoms. The Bertz CT molecular complexity index is 2190. The second kappa shape index (κ2) is 24.4. The molecule has 2 aliphatic carbocycles. The van der Waals surface area contributed by atoms with Crippen molar-refractivity contribution in [2.45, 2.75) is 190 Å². The number of thioether (sulfide) groups is 2. The van der Waals surface area contributed by atoms with Crippen LogP contribution in [-0.4, -0.2) is 143 Å². The molecule has 0 aromatic heterocycles. The molecule has 406 valence electrons. The molecule has 6 N–H and O–H groups in total. The summed E-state index contributed by atoms with van der Waals surface area (Å²) >= 11 is 3.38. The maximum atomic E-state index is 14.5. The van der Waals surface area contributed by atoms with E-state index >= 15 is 0 Å². The Hall–Kier alpha value is -4.20. The van der Waals surface area contributed by atoms with Gasteiger partial charge >= 0.3 is 0 Å². The standard InChI is InChI=1S/C56H82N8O8S2/c1-33(57-7)49(65)59-39-23-27-73-43-31-55(3,4)47(63(43)53(39)69)51(67)61-45-37-21-15-13-19-35(37)29-41(45)71-25-17-11-9-10-12-18-26-72-42-30-36-20-14-16-22-38(36)46(42)62-52(68)48-56(5,6)32-44-64(48)54(70)40(24-28-74-44)60-50(66)34(2)58-8/h13-16,19-22,33-34,39-48,57-58H,9-12,17-18,23-32H2,1-8H3,(H,59,65)(H,60,66)(H,61,67)(H,62,68)/t33-,34-,39-,40?,41+,42+,43-,44-,45-,46-,47+,48+/m0/s1. The smallest absolute Gasteiger partial charge is 0.246 e. The van der Waals surface area contributed by atoms with Gasteiger partial charge in [0, 0.05) is 26.1 Å². The van der Waals surface area contributed by atoms with E-state index in [0.29, 0.717) is 63.2 Å². The van der Waals surface area contributed by atoms with Crippen molar-refractivity contribution in [2.24, 2.45) is 10.8 Å². The van der Waals surface area contributed by atoms with Crippen LogP contribution < -0.4 is 31.9 Å². The van der Waals surface area contributed by atoms with Gasteiger partial charge < -0.3 is 51.2 Å². The Labute approximate surface area is 447 Å². The maximum Gasteiger partial charge on any atom is 0.246 e. The maximum absolute atomic E-state index is 14.5. The number of nitrogens with zero attached hydrogens (tertiary/aromatic N) is 2. The number of benzene rings is 2. The van der Waals surface area contributed by atoms with Gasteiger partial charge in [0.25, 0.3) is 0 Å². The first-order valence-corrected chi connectivity index (χ1v) is 29.4. The van der Waals surface area contributed by atoms with E-state index in [-0.39, 0.29) is 70.5 Å². The number of amides is 6. The van der Waals surface area contributed by atoms with Gasteiger partial charge in [0.2, 0.25) is 35.4 Å².